The first kappa shape index (κ1) is 12.2. The molecular formula is C13H12BrClN2O. The summed E-state index contributed by atoms with van der Waals surface area (Å²) in [5, 5.41) is 4.12. The topological polar surface area (TPSA) is 38.1 Å². The van der Waals surface area contributed by atoms with Crippen LogP contribution in [0.25, 0.3) is 11.3 Å². The summed E-state index contributed by atoms with van der Waals surface area (Å²) in [6.45, 7) is 0.732. The summed E-state index contributed by atoms with van der Waals surface area (Å²) in [5.41, 5.74) is 1.86. The molecule has 2 aromatic rings. The van der Waals surface area contributed by atoms with Gasteiger partial charge in [0, 0.05) is 27.6 Å². The fraction of sp³-hybridized carbons (Fsp3) is 0.308. The molecule has 1 N–H and O–H groups in total. The van der Waals surface area contributed by atoms with Crippen LogP contribution in [0.3, 0.4) is 0 Å². The summed E-state index contributed by atoms with van der Waals surface area (Å²) in [5.74, 6) is 0.775. The molecule has 0 radical (unpaired) electrons. The van der Waals surface area contributed by atoms with Gasteiger partial charge in [0.15, 0.2) is 12.2 Å². The van der Waals surface area contributed by atoms with E-state index in [1.165, 1.54) is 19.2 Å². The van der Waals surface area contributed by atoms with Crippen molar-refractivity contribution >= 4 is 27.5 Å². The summed E-state index contributed by atoms with van der Waals surface area (Å²) in [4.78, 5) is 4.27. The van der Waals surface area contributed by atoms with Crippen LogP contribution in [-0.2, 0) is 6.54 Å². The van der Waals surface area contributed by atoms with E-state index in [1.54, 1.807) is 0 Å². The molecule has 1 saturated carbocycles. The molecule has 1 aromatic heterocycles. The zero-order valence-electron chi connectivity index (χ0n) is 9.62. The van der Waals surface area contributed by atoms with Gasteiger partial charge in [0.25, 0.3) is 0 Å². The highest BCUT2D eigenvalue weighted by atomic mass is 79.9. The number of benzene rings is 1. The first-order valence-corrected chi connectivity index (χ1v) is 7.02. The second-order valence-electron chi connectivity index (χ2n) is 4.41. The molecule has 1 fully saturated rings. The molecule has 0 bridgehead atoms. The fourth-order valence-corrected chi connectivity index (χ4v) is 2.41. The Morgan fingerprint density at radius 2 is 2.28 bits per heavy atom. The maximum absolute atomic E-state index is 6.03. The lowest BCUT2D eigenvalue weighted by molar-refractivity contribution is 0.569. The molecule has 18 heavy (non-hydrogen) atoms. The monoisotopic (exact) mass is 326 g/mol. The van der Waals surface area contributed by atoms with Crippen molar-refractivity contribution in [3.63, 3.8) is 0 Å². The third-order valence-corrected chi connectivity index (χ3v) is 3.88. The van der Waals surface area contributed by atoms with Gasteiger partial charge in [0.05, 0.1) is 0 Å². The average Bonchev–Trinajstić information content (AvgIpc) is 3.08. The van der Waals surface area contributed by atoms with E-state index in [2.05, 4.69) is 26.2 Å². The summed E-state index contributed by atoms with van der Waals surface area (Å²) >= 11 is 9.54. The van der Waals surface area contributed by atoms with Crippen molar-refractivity contribution in [2.24, 2.45) is 0 Å². The number of halogens is 2. The minimum absolute atomic E-state index is 0.650. The van der Waals surface area contributed by atoms with Gasteiger partial charge in [-0.05, 0) is 31.0 Å². The van der Waals surface area contributed by atoms with E-state index in [1.807, 2.05) is 18.2 Å². The molecule has 0 unspecified atom stereocenters. The van der Waals surface area contributed by atoms with E-state index in [0.29, 0.717) is 11.1 Å². The molecule has 1 aromatic carbocycles. The Morgan fingerprint density at radius 1 is 1.44 bits per heavy atom. The normalized spacial score (nSPS) is 15.0. The second kappa shape index (κ2) is 5.03. The van der Waals surface area contributed by atoms with Crippen molar-refractivity contribution in [3.8, 4) is 11.3 Å². The van der Waals surface area contributed by atoms with Crippen LogP contribution in [-0.4, -0.2) is 11.0 Å². The quantitative estimate of drug-likeness (QED) is 0.922. The van der Waals surface area contributed by atoms with Gasteiger partial charge in [-0.15, -0.1) is 0 Å². The molecule has 0 spiro atoms. The fourth-order valence-electron chi connectivity index (χ4n) is 1.81. The third-order valence-electron chi connectivity index (χ3n) is 2.95. The smallest absolute Gasteiger partial charge is 0.181 e. The highest BCUT2D eigenvalue weighted by molar-refractivity contribution is 9.10. The minimum atomic E-state index is 0.650. The Hall–Kier alpha value is -0.840. The van der Waals surface area contributed by atoms with E-state index >= 15 is 0 Å². The molecule has 3 nitrogen and oxygen atoms in total. The van der Waals surface area contributed by atoms with E-state index in [0.717, 1.165) is 28.0 Å². The van der Waals surface area contributed by atoms with Crippen LogP contribution < -0.4 is 5.32 Å². The lowest BCUT2D eigenvalue weighted by Gasteiger charge is -2.05. The Bertz CT molecular complexity index is 566. The van der Waals surface area contributed by atoms with Crippen molar-refractivity contribution in [3.05, 3.63) is 39.8 Å². The molecule has 0 aliphatic heterocycles. The van der Waals surface area contributed by atoms with Gasteiger partial charge in [-0.2, -0.15) is 0 Å². The number of nitrogens with zero attached hydrogens (tertiary/aromatic N) is 1. The molecule has 1 heterocycles. The molecule has 94 valence electrons. The van der Waals surface area contributed by atoms with Gasteiger partial charge in [0.1, 0.15) is 5.69 Å². The van der Waals surface area contributed by atoms with Gasteiger partial charge in [-0.1, -0.05) is 27.5 Å². The number of nitrogens with one attached hydrogen (secondary N) is 1. The summed E-state index contributed by atoms with van der Waals surface area (Å²) < 4.78 is 6.45. The van der Waals surface area contributed by atoms with Crippen LogP contribution in [0.1, 0.15) is 18.5 Å². The van der Waals surface area contributed by atoms with Crippen LogP contribution in [0.15, 0.2) is 33.5 Å². The van der Waals surface area contributed by atoms with Gasteiger partial charge in [0.2, 0.25) is 0 Å². The van der Waals surface area contributed by atoms with Crippen molar-refractivity contribution < 1.29 is 4.42 Å². The Morgan fingerprint density at radius 3 is 3.06 bits per heavy atom. The highest BCUT2D eigenvalue weighted by Gasteiger charge is 2.22. The predicted molar refractivity (Wildman–Crippen MR) is 74.5 cm³/mol. The lowest BCUT2D eigenvalue weighted by atomic mass is 10.1. The average molecular weight is 328 g/mol. The summed E-state index contributed by atoms with van der Waals surface area (Å²) in [6.07, 6.45) is 3.99. The maximum atomic E-state index is 6.03. The number of hydrogen-bond acceptors (Lipinski definition) is 3. The number of rotatable bonds is 4. The van der Waals surface area contributed by atoms with Crippen LogP contribution in [0.5, 0.6) is 0 Å². The largest absolute Gasteiger partial charge is 0.443 e. The van der Waals surface area contributed by atoms with Crippen LogP contribution in [0.4, 0.5) is 0 Å². The summed E-state index contributed by atoms with van der Waals surface area (Å²) in [7, 11) is 0. The molecule has 1 aliphatic rings. The van der Waals surface area contributed by atoms with Crippen molar-refractivity contribution in [1.82, 2.24) is 10.3 Å². The van der Waals surface area contributed by atoms with Crippen molar-refractivity contribution in [1.29, 1.82) is 0 Å². The molecular weight excluding hydrogens is 316 g/mol. The Labute approximate surface area is 119 Å². The van der Waals surface area contributed by atoms with Crippen LogP contribution in [0.2, 0.25) is 5.02 Å². The van der Waals surface area contributed by atoms with Gasteiger partial charge >= 0.3 is 0 Å². The third kappa shape index (κ3) is 2.60. The zero-order chi connectivity index (χ0) is 12.5. The SMILES string of the molecule is Clc1ccc(Br)c(-c2ocnc2CNC2CC2)c1. The van der Waals surface area contributed by atoms with Crippen LogP contribution in [0, 0.1) is 0 Å². The Kier molecular flexibility index (Phi) is 3.41. The number of oxazole rings is 1. The number of aromatic nitrogens is 1. The second-order valence-corrected chi connectivity index (χ2v) is 5.70. The highest BCUT2D eigenvalue weighted by Crippen LogP contribution is 2.33. The van der Waals surface area contributed by atoms with E-state index < -0.39 is 0 Å². The first-order chi connectivity index (χ1) is 8.74. The molecule has 0 amide bonds. The molecule has 0 saturated heterocycles. The minimum Gasteiger partial charge on any atom is -0.443 e. The van der Waals surface area contributed by atoms with Crippen molar-refractivity contribution in [2.75, 3.05) is 0 Å². The number of hydrogen-bond donors (Lipinski definition) is 1. The van der Waals surface area contributed by atoms with E-state index in [9.17, 15) is 0 Å². The van der Waals surface area contributed by atoms with Gasteiger partial charge in [-0.25, -0.2) is 4.98 Å². The first-order valence-electron chi connectivity index (χ1n) is 5.85. The standard InChI is InChI=1S/C13H12BrClN2O/c14-11-4-1-8(15)5-10(11)13-12(17-7-18-13)6-16-9-2-3-9/h1,4-5,7,9,16H,2-3,6H2. The molecule has 0 atom stereocenters. The Balaban J connectivity index is 1.90. The van der Waals surface area contributed by atoms with Gasteiger partial charge < -0.3 is 9.73 Å². The molecule has 3 rings (SSSR count). The zero-order valence-corrected chi connectivity index (χ0v) is 12.0. The van der Waals surface area contributed by atoms with Gasteiger partial charge in [-0.3, -0.25) is 0 Å². The molecule has 5 heteroatoms. The van der Waals surface area contributed by atoms with E-state index in [-0.39, 0.29) is 0 Å². The van der Waals surface area contributed by atoms with Crippen molar-refractivity contribution in [2.45, 2.75) is 25.4 Å². The van der Waals surface area contributed by atoms with E-state index in [4.69, 9.17) is 16.0 Å². The molecule has 1 aliphatic carbocycles. The maximum Gasteiger partial charge on any atom is 0.181 e. The predicted octanol–water partition coefficient (Wildman–Crippen LogP) is 4.01. The lowest BCUT2D eigenvalue weighted by Crippen LogP contribution is -2.16. The summed E-state index contributed by atoms with van der Waals surface area (Å²) in [6, 6.07) is 6.29. The van der Waals surface area contributed by atoms with Crippen LogP contribution >= 0.6 is 27.5 Å².